The zero-order chi connectivity index (χ0) is 19.6. The van der Waals surface area contributed by atoms with E-state index < -0.39 is 5.97 Å². The van der Waals surface area contributed by atoms with E-state index in [1.54, 1.807) is 29.4 Å². The van der Waals surface area contributed by atoms with Crippen LogP contribution in [0.4, 0.5) is 0 Å². The summed E-state index contributed by atoms with van der Waals surface area (Å²) in [5.41, 5.74) is 3.21. The van der Waals surface area contributed by atoms with E-state index in [0.29, 0.717) is 5.56 Å². The van der Waals surface area contributed by atoms with Crippen molar-refractivity contribution in [1.29, 1.82) is 0 Å². The third-order valence-electron chi connectivity index (χ3n) is 4.58. The molecule has 0 unspecified atom stereocenters. The van der Waals surface area contributed by atoms with Gasteiger partial charge >= 0.3 is 5.97 Å². The SMILES string of the molecule is Cc1ccc(C)c(C(=O)OCC(=O)N(C)[C@@H](C)c2nc3ccccc3s2)c1. The molecule has 0 aliphatic rings. The minimum absolute atomic E-state index is 0.200. The molecule has 0 saturated heterocycles. The molecule has 0 aliphatic heterocycles. The molecule has 0 N–H and O–H groups in total. The standard InChI is InChI=1S/C21H22N2O3S/c1-13-9-10-14(2)16(11-13)21(25)26-12-19(24)23(4)15(3)20-22-17-7-5-6-8-18(17)27-20/h5-11,15H,12H2,1-4H3/t15-/m0/s1. The molecule has 0 fully saturated rings. The zero-order valence-electron chi connectivity index (χ0n) is 15.9. The first-order valence-corrected chi connectivity index (χ1v) is 9.54. The molecule has 0 radical (unpaired) electrons. The Balaban J connectivity index is 1.64. The Morgan fingerprint density at radius 3 is 2.67 bits per heavy atom. The first-order chi connectivity index (χ1) is 12.9. The predicted octanol–water partition coefficient (Wildman–Crippen LogP) is 4.29. The van der Waals surface area contributed by atoms with Gasteiger partial charge in [-0.15, -0.1) is 11.3 Å². The Morgan fingerprint density at radius 2 is 1.93 bits per heavy atom. The summed E-state index contributed by atoms with van der Waals surface area (Å²) in [6.07, 6.45) is 0. The highest BCUT2D eigenvalue weighted by molar-refractivity contribution is 7.18. The second kappa shape index (κ2) is 7.88. The number of hydrogen-bond acceptors (Lipinski definition) is 5. The molecule has 0 spiro atoms. The number of likely N-dealkylation sites (N-methyl/N-ethyl adjacent to an activating group) is 1. The maximum Gasteiger partial charge on any atom is 0.338 e. The van der Waals surface area contributed by atoms with E-state index in [-0.39, 0.29) is 18.6 Å². The highest BCUT2D eigenvalue weighted by Gasteiger charge is 2.22. The molecular weight excluding hydrogens is 360 g/mol. The summed E-state index contributed by atoms with van der Waals surface area (Å²) in [7, 11) is 1.70. The number of aryl methyl sites for hydroxylation is 2. The number of carbonyl (C=O) groups excluding carboxylic acids is 2. The molecule has 2 aromatic carbocycles. The number of hydrogen-bond donors (Lipinski definition) is 0. The smallest absolute Gasteiger partial charge is 0.338 e. The summed E-state index contributed by atoms with van der Waals surface area (Å²) in [5.74, 6) is -0.744. The highest BCUT2D eigenvalue weighted by atomic mass is 32.1. The number of nitrogens with zero attached hydrogens (tertiary/aromatic N) is 2. The topological polar surface area (TPSA) is 59.5 Å². The summed E-state index contributed by atoms with van der Waals surface area (Å²) in [6, 6.07) is 13.3. The fourth-order valence-corrected chi connectivity index (χ4v) is 3.78. The van der Waals surface area contributed by atoms with Crippen molar-refractivity contribution in [3.63, 3.8) is 0 Å². The molecule has 27 heavy (non-hydrogen) atoms. The van der Waals surface area contributed by atoms with E-state index >= 15 is 0 Å². The molecular formula is C21H22N2O3S. The van der Waals surface area contributed by atoms with Crippen LogP contribution in [-0.2, 0) is 9.53 Å². The van der Waals surface area contributed by atoms with Crippen molar-refractivity contribution in [2.75, 3.05) is 13.7 Å². The van der Waals surface area contributed by atoms with Crippen LogP contribution in [0.1, 0.15) is 39.5 Å². The van der Waals surface area contributed by atoms with Gasteiger partial charge in [-0.05, 0) is 44.5 Å². The number of ether oxygens (including phenoxy) is 1. The van der Waals surface area contributed by atoms with Gasteiger partial charge in [0.1, 0.15) is 5.01 Å². The first-order valence-electron chi connectivity index (χ1n) is 8.72. The largest absolute Gasteiger partial charge is 0.452 e. The number of rotatable bonds is 5. The van der Waals surface area contributed by atoms with Gasteiger partial charge in [0.25, 0.3) is 5.91 Å². The van der Waals surface area contributed by atoms with Gasteiger partial charge in [-0.3, -0.25) is 4.79 Å². The third-order valence-corrected chi connectivity index (χ3v) is 5.79. The van der Waals surface area contributed by atoms with Crippen LogP contribution < -0.4 is 0 Å². The van der Waals surface area contributed by atoms with Crippen LogP contribution in [0, 0.1) is 13.8 Å². The Kier molecular flexibility index (Phi) is 5.56. The van der Waals surface area contributed by atoms with Gasteiger partial charge in [-0.25, -0.2) is 9.78 Å². The summed E-state index contributed by atoms with van der Waals surface area (Å²) >= 11 is 1.56. The molecule has 1 atom stereocenters. The van der Waals surface area contributed by atoms with Gasteiger partial charge in [0.2, 0.25) is 0 Å². The molecule has 6 heteroatoms. The fraction of sp³-hybridized carbons (Fsp3) is 0.286. The summed E-state index contributed by atoms with van der Waals surface area (Å²) in [6.45, 7) is 5.38. The molecule has 0 saturated carbocycles. The summed E-state index contributed by atoms with van der Waals surface area (Å²) < 4.78 is 6.33. The summed E-state index contributed by atoms with van der Waals surface area (Å²) in [5, 5.41) is 0.855. The Labute approximate surface area is 162 Å². The maximum atomic E-state index is 12.5. The second-order valence-corrected chi connectivity index (χ2v) is 7.66. The second-order valence-electron chi connectivity index (χ2n) is 6.59. The lowest BCUT2D eigenvalue weighted by Gasteiger charge is -2.23. The lowest BCUT2D eigenvalue weighted by atomic mass is 10.1. The molecule has 3 rings (SSSR count). The monoisotopic (exact) mass is 382 g/mol. The highest BCUT2D eigenvalue weighted by Crippen LogP contribution is 2.28. The minimum atomic E-state index is -0.481. The average molecular weight is 382 g/mol. The van der Waals surface area contributed by atoms with E-state index in [4.69, 9.17) is 4.74 Å². The van der Waals surface area contributed by atoms with Crippen LogP contribution in [-0.4, -0.2) is 35.4 Å². The van der Waals surface area contributed by atoms with Gasteiger partial charge in [-0.2, -0.15) is 0 Å². The Bertz CT molecular complexity index is 963. The lowest BCUT2D eigenvalue weighted by molar-refractivity contribution is -0.135. The van der Waals surface area contributed by atoms with Crippen molar-refractivity contribution >= 4 is 33.4 Å². The van der Waals surface area contributed by atoms with Gasteiger partial charge in [0.15, 0.2) is 6.61 Å². The van der Waals surface area contributed by atoms with Crippen molar-refractivity contribution in [2.45, 2.75) is 26.8 Å². The number of esters is 1. The number of amides is 1. The van der Waals surface area contributed by atoms with Crippen LogP contribution in [0.3, 0.4) is 0 Å². The van der Waals surface area contributed by atoms with Gasteiger partial charge in [0, 0.05) is 7.05 Å². The van der Waals surface area contributed by atoms with Gasteiger partial charge in [-0.1, -0.05) is 29.8 Å². The zero-order valence-corrected chi connectivity index (χ0v) is 16.7. The van der Waals surface area contributed by atoms with E-state index in [1.165, 1.54) is 0 Å². The summed E-state index contributed by atoms with van der Waals surface area (Å²) in [4.78, 5) is 30.9. The fourth-order valence-electron chi connectivity index (χ4n) is 2.71. The molecule has 1 amide bonds. The quantitative estimate of drug-likeness (QED) is 0.618. The van der Waals surface area contributed by atoms with Crippen LogP contribution in [0.25, 0.3) is 10.2 Å². The van der Waals surface area contributed by atoms with Crippen LogP contribution in [0.5, 0.6) is 0 Å². The molecule has 1 heterocycles. The van der Waals surface area contributed by atoms with Crippen molar-refractivity contribution in [1.82, 2.24) is 9.88 Å². The van der Waals surface area contributed by atoms with Crippen molar-refractivity contribution in [3.05, 3.63) is 64.2 Å². The van der Waals surface area contributed by atoms with Crippen molar-refractivity contribution in [2.24, 2.45) is 0 Å². The van der Waals surface area contributed by atoms with Crippen LogP contribution >= 0.6 is 11.3 Å². The molecule has 3 aromatic rings. The first kappa shape index (κ1) is 19.0. The number of benzene rings is 2. The normalized spacial score (nSPS) is 12.0. The number of thiazole rings is 1. The Morgan fingerprint density at radius 1 is 1.19 bits per heavy atom. The molecule has 0 aliphatic carbocycles. The molecule has 140 valence electrons. The van der Waals surface area contributed by atoms with Gasteiger partial charge in [0.05, 0.1) is 21.8 Å². The van der Waals surface area contributed by atoms with E-state index in [1.807, 2.05) is 57.2 Å². The number of carbonyl (C=O) groups is 2. The molecule has 1 aromatic heterocycles. The van der Waals surface area contributed by atoms with Gasteiger partial charge < -0.3 is 9.64 Å². The minimum Gasteiger partial charge on any atom is -0.452 e. The van der Waals surface area contributed by atoms with Crippen LogP contribution in [0.2, 0.25) is 0 Å². The third kappa shape index (κ3) is 4.17. The average Bonchev–Trinajstić information content (AvgIpc) is 3.10. The maximum absolute atomic E-state index is 12.5. The number of para-hydroxylation sites is 1. The predicted molar refractivity (Wildman–Crippen MR) is 107 cm³/mol. The molecule has 0 bridgehead atoms. The van der Waals surface area contributed by atoms with E-state index in [0.717, 1.165) is 26.4 Å². The number of fused-ring (bicyclic) bond motifs is 1. The van der Waals surface area contributed by atoms with Crippen molar-refractivity contribution in [3.8, 4) is 0 Å². The van der Waals surface area contributed by atoms with Crippen molar-refractivity contribution < 1.29 is 14.3 Å². The lowest BCUT2D eigenvalue weighted by Crippen LogP contribution is -2.33. The van der Waals surface area contributed by atoms with E-state index in [9.17, 15) is 9.59 Å². The molecule has 5 nitrogen and oxygen atoms in total. The Hall–Kier alpha value is -2.73. The van der Waals surface area contributed by atoms with E-state index in [2.05, 4.69) is 4.98 Å². The number of aromatic nitrogens is 1. The van der Waals surface area contributed by atoms with Crippen LogP contribution in [0.15, 0.2) is 42.5 Å².